The van der Waals surface area contributed by atoms with Crippen LogP contribution in [-0.4, -0.2) is 40.7 Å². The van der Waals surface area contributed by atoms with E-state index in [1.54, 1.807) is 11.8 Å². The Hall–Kier alpha value is -1.55. The van der Waals surface area contributed by atoms with Gasteiger partial charge in [-0.3, -0.25) is 4.79 Å². The van der Waals surface area contributed by atoms with Crippen molar-refractivity contribution in [2.75, 3.05) is 13.1 Å². The number of likely N-dealkylation sites (tertiary alicyclic amines) is 1. The number of para-hydroxylation sites is 1. The second-order valence-electron chi connectivity index (χ2n) is 5.43. The number of carbonyl (C=O) groups excluding carboxylic acids is 1. The summed E-state index contributed by atoms with van der Waals surface area (Å²) < 4.78 is 5.68. The van der Waals surface area contributed by atoms with Gasteiger partial charge >= 0.3 is 0 Å². The fraction of sp³-hybridized carbons (Fsp3) is 0.500. The summed E-state index contributed by atoms with van der Waals surface area (Å²) in [6.45, 7) is 2.79. The van der Waals surface area contributed by atoms with E-state index in [4.69, 9.17) is 4.74 Å². The molecule has 2 aliphatic rings. The van der Waals surface area contributed by atoms with Gasteiger partial charge < -0.3 is 14.7 Å². The number of hydrogen-bond donors (Lipinski definition) is 1. The highest BCUT2D eigenvalue weighted by Crippen LogP contribution is 2.30. The first-order valence-electron chi connectivity index (χ1n) is 6.31. The first-order chi connectivity index (χ1) is 8.55. The molecule has 1 fully saturated rings. The summed E-state index contributed by atoms with van der Waals surface area (Å²) in [6.07, 6.45) is 0.850. The first-order valence-corrected chi connectivity index (χ1v) is 6.31. The summed E-state index contributed by atoms with van der Waals surface area (Å²) in [5, 5.41) is 9.90. The van der Waals surface area contributed by atoms with Crippen LogP contribution in [0.25, 0.3) is 0 Å². The minimum atomic E-state index is -0.749. The zero-order valence-electron chi connectivity index (χ0n) is 10.4. The van der Waals surface area contributed by atoms with Gasteiger partial charge in [-0.25, -0.2) is 0 Å². The molecule has 0 saturated carbocycles. The number of nitrogens with zero attached hydrogens (tertiary/aromatic N) is 1. The Morgan fingerprint density at radius 1 is 1.50 bits per heavy atom. The molecule has 2 aliphatic heterocycles. The standard InChI is InChI=1S/C14H17NO3/c1-14(17)6-7-15(9-14)13(16)12-8-10-4-2-3-5-11(10)18-12/h2-5,12,17H,6-9H2,1H3. The van der Waals surface area contributed by atoms with Crippen LogP contribution in [0.15, 0.2) is 24.3 Å². The fourth-order valence-corrected chi connectivity index (χ4v) is 2.66. The van der Waals surface area contributed by atoms with Gasteiger partial charge in [-0.2, -0.15) is 0 Å². The molecule has 2 atom stereocenters. The van der Waals surface area contributed by atoms with Gasteiger partial charge in [0.25, 0.3) is 5.91 Å². The highest BCUT2D eigenvalue weighted by atomic mass is 16.5. The van der Waals surface area contributed by atoms with Crippen LogP contribution in [-0.2, 0) is 11.2 Å². The molecule has 1 amide bonds. The average molecular weight is 247 g/mol. The first kappa shape index (κ1) is 11.5. The van der Waals surface area contributed by atoms with Crippen LogP contribution in [0.1, 0.15) is 18.9 Å². The van der Waals surface area contributed by atoms with Crippen molar-refractivity contribution in [2.24, 2.45) is 0 Å². The maximum absolute atomic E-state index is 12.3. The molecule has 4 nitrogen and oxygen atoms in total. The van der Waals surface area contributed by atoms with E-state index in [1.807, 2.05) is 24.3 Å². The Bertz CT molecular complexity index is 459. The van der Waals surface area contributed by atoms with E-state index in [1.165, 1.54) is 0 Å². The SMILES string of the molecule is CC1(O)CCN(C(=O)C2Cc3ccccc3O2)C1. The summed E-state index contributed by atoms with van der Waals surface area (Å²) in [5.41, 5.74) is 0.336. The molecular formula is C14H17NO3. The quantitative estimate of drug-likeness (QED) is 0.804. The van der Waals surface area contributed by atoms with Crippen molar-refractivity contribution in [3.8, 4) is 5.75 Å². The second kappa shape index (κ2) is 3.99. The molecule has 2 unspecified atom stereocenters. The maximum atomic E-state index is 12.3. The Kier molecular flexibility index (Phi) is 2.55. The van der Waals surface area contributed by atoms with E-state index in [0.29, 0.717) is 25.9 Å². The zero-order chi connectivity index (χ0) is 12.8. The van der Waals surface area contributed by atoms with Gasteiger partial charge in [0.15, 0.2) is 6.10 Å². The number of β-amino-alcohol motifs (C(OH)–C–C–N with tert-alkyl or cyclic N) is 1. The third-order valence-electron chi connectivity index (χ3n) is 3.69. The lowest BCUT2D eigenvalue weighted by molar-refractivity contribution is -0.137. The highest BCUT2D eigenvalue weighted by Gasteiger charge is 2.39. The lowest BCUT2D eigenvalue weighted by Gasteiger charge is -2.21. The summed E-state index contributed by atoms with van der Waals surface area (Å²) in [4.78, 5) is 14.0. The monoisotopic (exact) mass is 247 g/mol. The fourth-order valence-electron chi connectivity index (χ4n) is 2.66. The summed E-state index contributed by atoms with van der Waals surface area (Å²) in [6, 6.07) is 7.74. The largest absolute Gasteiger partial charge is 0.480 e. The summed E-state index contributed by atoms with van der Waals surface area (Å²) in [5.74, 6) is 0.797. The number of amides is 1. The van der Waals surface area contributed by atoms with Crippen LogP contribution in [0.3, 0.4) is 0 Å². The number of carbonyl (C=O) groups is 1. The molecule has 1 aromatic carbocycles. The number of fused-ring (bicyclic) bond motifs is 1. The van der Waals surface area contributed by atoms with E-state index >= 15 is 0 Å². The van der Waals surface area contributed by atoms with E-state index < -0.39 is 11.7 Å². The lowest BCUT2D eigenvalue weighted by Crippen LogP contribution is -2.42. The van der Waals surface area contributed by atoms with Gasteiger partial charge in [0.05, 0.1) is 5.60 Å². The molecule has 96 valence electrons. The number of rotatable bonds is 1. The molecular weight excluding hydrogens is 230 g/mol. The topological polar surface area (TPSA) is 49.8 Å². The predicted molar refractivity (Wildman–Crippen MR) is 66.4 cm³/mol. The van der Waals surface area contributed by atoms with Crippen LogP contribution >= 0.6 is 0 Å². The third-order valence-corrected chi connectivity index (χ3v) is 3.69. The molecule has 0 spiro atoms. The number of benzene rings is 1. The van der Waals surface area contributed by atoms with Gasteiger partial charge in [0.1, 0.15) is 5.75 Å². The predicted octanol–water partition coefficient (Wildman–Crippen LogP) is 0.973. The van der Waals surface area contributed by atoms with Crippen molar-refractivity contribution in [1.82, 2.24) is 4.90 Å². The van der Waals surface area contributed by atoms with Crippen LogP contribution < -0.4 is 4.74 Å². The molecule has 3 rings (SSSR count). The van der Waals surface area contributed by atoms with E-state index in [0.717, 1.165) is 11.3 Å². The van der Waals surface area contributed by atoms with E-state index in [2.05, 4.69) is 0 Å². The van der Waals surface area contributed by atoms with Crippen molar-refractivity contribution >= 4 is 5.91 Å². The molecule has 0 aliphatic carbocycles. The van der Waals surface area contributed by atoms with Crippen molar-refractivity contribution in [1.29, 1.82) is 0 Å². The average Bonchev–Trinajstić information content (AvgIpc) is 2.91. The third kappa shape index (κ3) is 1.97. The van der Waals surface area contributed by atoms with Crippen molar-refractivity contribution in [2.45, 2.75) is 31.5 Å². The van der Waals surface area contributed by atoms with Crippen LogP contribution in [0.2, 0.25) is 0 Å². The Labute approximate surface area is 106 Å². The molecule has 1 N–H and O–H groups in total. The van der Waals surface area contributed by atoms with Gasteiger partial charge in [0.2, 0.25) is 0 Å². The van der Waals surface area contributed by atoms with E-state index in [-0.39, 0.29) is 5.91 Å². The second-order valence-corrected chi connectivity index (χ2v) is 5.43. The number of hydrogen-bond acceptors (Lipinski definition) is 3. The smallest absolute Gasteiger partial charge is 0.264 e. The number of ether oxygens (including phenoxy) is 1. The molecule has 4 heteroatoms. The van der Waals surface area contributed by atoms with E-state index in [9.17, 15) is 9.90 Å². The summed E-state index contributed by atoms with van der Waals surface area (Å²) in [7, 11) is 0. The molecule has 1 saturated heterocycles. The van der Waals surface area contributed by atoms with Crippen molar-refractivity contribution in [3.05, 3.63) is 29.8 Å². The Morgan fingerprint density at radius 3 is 2.94 bits per heavy atom. The highest BCUT2D eigenvalue weighted by molar-refractivity contribution is 5.83. The minimum absolute atomic E-state index is 0.0102. The molecule has 1 aromatic rings. The van der Waals surface area contributed by atoms with Gasteiger partial charge in [-0.05, 0) is 25.0 Å². The summed E-state index contributed by atoms with van der Waals surface area (Å²) >= 11 is 0. The van der Waals surface area contributed by atoms with Crippen molar-refractivity contribution in [3.63, 3.8) is 0 Å². The zero-order valence-corrected chi connectivity index (χ0v) is 10.4. The lowest BCUT2D eigenvalue weighted by atomic mass is 10.1. The molecule has 0 bridgehead atoms. The van der Waals surface area contributed by atoms with Crippen LogP contribution in [0.5, 0.6) is 5.75 Å². The molecule has 18 heavy (non-hydrogen) atoms. The minimum Gasteiger partial charge on any atom is -0.480 e. The molecule has 0 radical (unpaired) electrons. The Balaban J connectivity index is 1.70. The maximum Gasteiger partial charge on any atom is 0.264 e. The number of aliphatic hydroxyl groups is 1. The van der Waals surface area contributed by atoms with Crippen LogP contribution in [0.4, 0.5) is 0 Å². The molecule has 2 heterocycles. The van der Waals surface area contributed by atoms with Gasteiger partial charge in [-0.15, -0.1) is 0 Å². The molecule has 0 aromatic heterocycles. The van der Waals surface area contributed by atoms with Crippen LogP contribution in [0, 0.1) is 0 Å². The van der Waals surface area contributed by atoms with Gasteiger partial charge in [0, 0.05) is 19.5 Å². The Morgan fingerprint density at radius 2 is 2.28 bits per heavy atom. The van der Waals surface area contributed by atoms with Crippen molar-refractivity contribution < 1.29 is 14.6 Å². The normalized spacial score (nSPS) is 30.1. The van der Waals surface area contributed by atoms with Gasteiger partial charge in [-0.1, -0.05) is 18.2 Å².